The number of nitrogens with one attached hydrogen (secondary N) is 2. The summed E-state index contributed by atoms with van der Waals surface area (Å²) in [6.45, 7) is 1.02. The molecule has 5 nitrogen and oxygen atoms in total. The van der Waals surface area contributed by atoms with Crippen LogP contribution in [0.3, 0.4) is 0 Å². The van der Waals surface area contributed by atoms with Gasteiger partial charge in [0, 0.05) is 39.3 Å². The second kappa shape index (κ2) is 7.72. The molecule has 1 rings (SSSR count). The van der Waals surface area contributed by atoms with Crippen LogP contribution in [0.25, 0.3) is 0 Å². The quantitative estimate of drug-likeness (QED) is 0.790. The zero-order chi connectivity index (χ0) is 15.9. The average molecular weight is 305 g/mol. The highest BCUT2D eigenvalue weighted by Gasteiger charge is 2.31. The summed E-state index contributed by atoms with van der Waals surface area (Å²) in [4.78, 5) is 12.6. The standard InChI is InChI=1S/C13H18F3N3O2/c1-19(2)12(20)18-8-7-17-9-10-5-3-4-6-11(10)21-13(14,15)16/h3-6,17H,7-9H2,1-2H3,(H,18,20). The number of hydrogen-bond donors (Lipinski definition) is 2. The van der Waals surface area contributed by atoms with Gasteiger partial charge in [-0.25, -0.2) is 4.79 Å². The van der Waals surface area contributed by atoms with Crippen LogP contribution in [0.1, 0.15) is 5.56 Å². The van der Waals surface area contributed by atoms with E-state index in [0.29, 0.717) is 18.7 Å². The highest BCUT2D eigenvalue weighted by Crippen LogP contribution is 2.25. The fourth-order valence-corrected chi connectivity index (χ4v) is 1.51. The maximum absolute atomic E-state index is 12.2. The third-order valence-corrected chi connectivity index (χ3v) is 2.50. The van der Waals surface area contributed by atoms with E-state index in [1.54, 1.807) is 26.2 Å². The van der Waals surface area contributed by atoms with E-state index in [2.05, 4.69) is 15.4 Å². The van der Waals surface area contributed by atoms with Gasteiger partial charge in [-0.2, -0.15) is 0 Å². The molecule has 0 radical (unpaired) electrons. The molecule has 2 amide bonds. The molecule has 1 aromatic rings. The predicted molar refractivity (Wildman–Crippen MR) is 71.9 cm³/mol. The minimum atomic E-state index is -4.71. The summed E-state index contributed by atoms with van der Waals surface area (Å²) in [6, 6.07) is 5.69. The zero-order valence-electron chi connectivity index (χ0n) is 11.8. The molecule has 0 bridgehead atoms. The Labute approximate surface area is 121 Å². The SMILES string of the molecule is CN(C)C(=O)NCCNCc1ccccc1OC(F)(F)F. The summed E-state index contributed by atoms with van der Waals surface area (Å²) in [6.07, 6.45) is -4.71. The van der Waals surface area contributed by atoms with E-state index in [9.17, 15) is 18.0 Å². The van der Waals surface area contributed by atoms with Crippen molar-refractivity contribution in [3.8, 4) is 5.75 Å². The van der Waals surface area contributed by atoms with E-state index in [1.807, 2.05) is 0 Å². The first-order valence-electron chi connectivity index (χ1n) is 6.29. The Morgan fingerprint density at radius 1 is 1.24 bits per heavy atom. The molecular weight excluding hydrogens is 287 g/mol. The minimum absolute atomic E-state index is 0.212. The molecule has 0 unspecified atom stereocenters. The molecule has 0 atom stereocenters. The van der Waals surface area contributed by atoms with Gasteiger partial charge in [0.05, 0.1) is 0 Å². The smallest absolute Gasteiger partial charge is 0.405 e. The Hall–Kier alpha value is -1.96. The van der Waals surface area contributed by atoms with Crippen molar-refractivity contribution in [3.63, 3.8) is 0 Å². The molecule has 21 heavy (non-hydrogen) atoms. The van der Waals surface area contributed by atoms with Gasteiger partial charge in [-0.05, 0) is 6.07 Å². The molecule has 0 heterocycles. The highest BCUT2D eigenvalue weighted by molar-refractivity contribution is 5.73. The van der Waals surface area contributed by atoms with Crippen LogP contribution >= 0.6 is 0 Å². The molecule has 0 saturated carbocycles. The molecule has 0 saturated heterocycles. The maximum atomic E-state index is 12.2. The number of amides is 2. The van der Waals surface area contributed by atoms with Crippen molar-refractivity contribution in [3.05, 3.63) is 29.8 Å². The summed E-state index contributed by atoms with van der Waals surface area (Å²) < 4.78 is 40.6. The van der Waals surface area contributed by atoms with E-state index in [1.165, 1.54) is 17.0 Å². The van der Waals surface area contributed by atoms with Crippen LogP contribution in [-0.4, -0.2) is 44.5 Å². The van der Waals surface area contributed by atoms with E-state index in [4.69, 9.17) is 0 Å². The van der Waals surface area contributed by atoms with Gasteiger partial charge in [0.25, 0.3) is 0 Å². The number of hydrogen-bond acceptors (Lipinski definition) is 3. The van der Waals surface area contributed by atoms with Crippen molar-refractivity contribution >= 4 is 6.03 Å². The molecule has 0 fully saturated rings. The van der Waals surface area contributed by atoms with Gasteiger partial charge >= 0.3 is 12.4 Å². The molecule has 1 aromatic carbocycles. The average Bonchev–Trinajstić information content (AvgIpc) is 2.38. The Balaban J connectivity index is 2.40. The number of carbonyl (C=O) groups is 1. The van der Waals surface area contributed by atoms with E-state index >= 15 is 0 Å². The molecular formula is C13H18F3N3O2. The second-order valence-corrected chi connectivity index (χ2v) is 4.46. The molecule has 0 spiro atoms. The van der Waals surface area contributed by atoms with Crippen LogP contribution in [0.15, 0.2) is 24.3 Å². The fraction of sp³-hybridized carbons (Fsp3) is 0.462. The van der Waals surface area contributed by atoms with Crippen molar-refractivity contribution in [2.75, 3.05) is 27.2 Å². The number of alkyl halides is 3. The monoisotopic (exact) mass is 305 g/mol. The van der Waals surface area contributed by atoms with Gasteiger partial charge < -0.3 is 20.3 Å². The van der Waals surface area contributed by atoms with E-state index < -0.39 is 6.36 Å². The molecule has 0 aliphatic carbocycles. The molecule has 118 valence electrons. The minimum Gasteiger partial charge on any atom is -0.405 e. The lowest BCUT2D eigenvalue weighted by Gasteiger charge is -2.14. The van der Waals surface area contributed by atoms with Crippen LogP contribution in [0, 0.1) is 0 Å². The molecule has 2 N–H and O–H groups in total. The van der Waals surface area contributed by atoms with Gasteiger partial charge in [0.15, 0.2) is 0 Å². The summed E-state index contributed by atoms with van der Waals surface area (Å²) >= 11 is 0. The Bertz CT molecular complexity index is 464. The van der Waals surface area contributed by atoms with Gasteiger partial charge in [-0.1, -0.05) is 18.2 Å². The number of halogens is 3. The zero-order valence-corrected chi connectivity index (χ0v) is 11.8. The lowest BCUT2D eigenvalue weighted by atomic mass is 10.2. The summed E-state index contributed by atoms with van der Waals surface area (Å²) in [5.74, 6) is -0.227. The van der Waals surface area contributed by atoms with Crippen molar-refractivity contribution in [1.82, 2.24) is 15.5 Å². The number of urea groups is 1. The lowest BCUT2D eigenvalue weighted by molar-refractivity contribution is -0.274. The first kappa shape index (κ1) is 17.1. The first-order valence-corrected chi connectivity index (χ1v) is 6.29. The number of nitrogens with zero attached hydrogens (tertiary/aromatic N) is 1. The third-order valence-electron chi connectivity index (χ3n) is 2.50. The van der Waals surface area contributed by atoms with Crippen molar-refractivity contribution in [2.24, 2.45) is 0 Å². The second-order valence-electron chi connectivity index (χ2n) is 4.46. The van der Waals surface area contributed by atoms with Crippen LogP contribution in [-0.2, 0) is 6.54 Å². The third kappa shape index (κ3) is 6.84. The number of benzene rings is 1. The van der Waals surface area contributed by atoms with Gasteiger partial charge in [0.2, 0.25) is 0 Å². The first-order chi connectivity index (χ1) is 9.79. The predicted octanol–water partition coefficient (Wildman–Crippen LogP) is 1.95. The topological polar surface area (TPSA) is 53.6 Å². The number of ether oxygens (including phenoxy) is 1. The Kier molecular flexibility index (Phi) is 6.29. The summed E-state index contributed by atoms with van der Waals surface area (Å²) in [5, 5.41) is 5.58. The Morgan fingerprint density at radius 2 is 1.90 bits per heavy atom. The van der Waals surface area contributed by atoms with E-state index in [0.717, 1.165) is 0 Å². The maximum Gasteiger partial charge on any atom is 0.573 e. The lowest BCUT2D eigenvalue weighted by Crippen LogP contribution is -2.38. The van der Waals surface area contributed by atoms with E-state index in [-0.39, 0.29) is 18.3 Å². The van der Waals surface area contributed by atoms with Gasteiger partial charge in [0.1, 0.15) is 5.75 Å². The molecule has 0 aromatic heterocycles. The summed E-state index contributed by atoms with van der Waals surface area (Å²) in [5.41, 5.74) is 0.397. The number of carbonyl (C=O) groups excluding carboxylic acids is 1. The molecule has 8 heteroatoms. The normalized spacial score (nSPS) is 11.1. The van der Waals surface area contributed by atoms with Gasteiger partial charge in [-0.3, -0.25) is 0 Å². The summed E-state index contributed by atoms with van der Waals surface area (Å²) in [7, 11) is 3.24. The fourth-order valence-electron chi connectivity index (χ4n) is 1.51. The molecule has 0 aliphatic rings. The number of para-hydroxylation sites is 1. The van der Waals surface area contributed by atoms with Crippen molar-refractivity contribution in [1.29, 1.82) is 0 Å². The number of rotatable bonds is 6. The van der Waals surface area contributed by atoms with Crippen LogP contribution in [0.4, 0.5) is 18.0 Å². The largest absolute Gasteiger partial charge is 0.573 e. The van der Waals surface area contributed by atoms with Crippen LogP contribution in [0.2, 0.25) is 0 Å². The van der Waals surface area contributed by atoms with Crippen LogP contribution in [0.5, 0.6) is 5.75 Å². The highest BCUT2D eigenvalue weighted by atomic mass is 19.4. The Morgan fingerprint density at radius 3 is 2.52 bits per heavy atom. The van der Waals surface area contributed by atoms with Crippen LogP contribution < -0.4 is 15.4 Å². The van der Waals surface area contributed by atoms with Gasteiger partial charge in [-0.15, -0.1) is 13.2 Å². The van der Waals surface area contributed by atoms with Crippen molar-refractivity contribution in [2.45, 2.75) is 12.9 Å². The molecule has 0 aliphatic heterocycles. The van der Waals surface area contributed by atoms with Crippen molar-refractivity contribution < 1.29 is 22.7 Å².